The lowest BCUT2D eigenvalue weighted by Crippen LogP contribution is -2.40. The molecule has 0 aromatic rings. The molecule has 3 heteroatoms. The van der Waals surface area contributed by atoms with Gasteiger partial charge in [-0.15, -0.1) is 0 Å². The fraction of sp³-hybridized carbons (Fsp3) is 1.00. The van der Waals surface area contributed by atoms with E-state index in [-0.39, 0.29) is 0 Å². The lowest BCUT2D eigenvalue weighted by atomic mass is 9.98. The third kappa shape index (κ3) is 6.91. The summed E-state index contributed by atoms with van der Waals surface area (Å²) >= 11 is 0. The standard InChI is InChI=1S/C15H34O2Si/c1-7-10-14(13-16)11-8-9-12-17-18(5,6)15(2,3)4/h14,16H,7-13H2,1-6H3/t14-/m1/s1. The largest absolute Gasteiger partial charge is 0.417 e. The molecule has 18 heavy (non-hydrogen) atoms. The van der Waals surface area contributed by atoms with Gasteiger partial charge in [0.15, 0.2) is 8.32 Å². The van der Waals surface area contributed by atoms with Crippen molar-refractivity contribution in [2.45, 2.75) is 77.9 Å². The fourth-order valence-electron chi connectivity index (χ4n) is 1.81. The first kappa shape index (κ1) is 18.1. The van der Waals surface area contributed by atoms with Crippen LogP contribution >= 0.6 is 0 Å². The minimum atomic E-state index is -1.55. The summed E-state index contributed by atoms with van der Waals surface area (Å²) in [6.45, 7) is 14.9. The van der Waals surface area contributed by atoms with Crippen LogP contribution in [0.4, 0.5) is 0 Å². The van der Waals surface area contributed by atoms with Crippen LogP contribution in [0.5, 0.6) is 0 Å². The molecule has 0 heterocycles. The highest BCUT2D eigenvalue weighted by Gasteiger charge is 2.36. The Kier molecular flexibility index (Phi) is 8.40. The van der Waals surface area contributed by atoms with Crippen molar-refractivity contribution in [2.24, 2.45) is 5.92 Å². The van der Waals surface area contributed by atoms with E-state index in [1.54, 1.807) is 0 Å². The van der Waals surface area contributed by atoms with Crippen molar-refractivity contribution in [3.63, 3.8) is 0 Å². The average molecular weight is 275 g/mol. The normalized spacial score (nSPS) is 14.8. The van der Waals surface area contributed by atoms with Crippen molar-refractivity contribution >= 4 is 8.32 Å². The van der Waals surface area contributed by atoms with E-state index in [4.69, 9.17) is 4.43 Å². The highest BCUT2D eigenvalue weighted by molar-refractivity contribution is 6.74. The molecular formula is C15H34O2Si. The predicted molar refractivity (Wildman–Crippen MR) is 82.5 cm³/mol. The SMILES string of the molecule is CCC[C@@H](CO)CCCCO[Si](C)(C)C(C)(C)C. The summed E-state index contributed by atoms with van der Waals surface area (Å²) in [7, 11) is -1.55. The van der Waals surface area contributed by atoms with Crippen LogP contribution in [0.2, 0.25) is 18.1 Å². The van der Waals surface area contributed by atoms with Gasteiger partial charge in [-0.25, -0.2) is 0 Å². The first-order valence-corrected chi connectivity index (χ1v) is 10.4. The Balaban J connectivity index is 3.74. The van der Waals surface area contributed by atoms with E-state index in [9.17, 15) is 5.11 Å². The lowest BCUT2D eigenvalue weighted by Gasteiger charge is -2.36. The maximum Gasteiger partial charge on any atom is 0.191 e. The monoisotopic (exact) mass is 274 g/mol. The van der Waals surface area contributed by atoms with E-state index in [0.29, 0.717) is 17.6 Å². The van der Waals surface area contributed by atoms with Gasteiger partial charge in [0, 0.05) is 13.2 Å². The molecule has 0 saturated carbocycles. The van der Waals surface area contributed by atoms with Crippen molar-refractivity contribution < 1.29 is 9.53 Å². The van der Waals surface area contributed by atoms with Crippen LogP contribution < -0.4 is 0 Å². The molecular weight excluding hydrogens is 240 g/mol. The van der Waals surface area contributed by atoms with Gasteiger partial charge in [0.2, 0.25) is 0 Å². The zero-order chi connectivity index (χ0) is 14.2. The molecule has 0 bridgehead atoms. The predicted octanol–water partition coefficient (Wildman–Crippen LogP) is 4.59. The molecule has 0 aliphatic carbocycles. The first-order valence-electron chi connectivity index (χ1n) is 7.49. The van der Waals surface area contributed by atoms with Gasteiger partial charge in [-0.3, -0.25) is 0 Å². The molecule has 110 valence electrons. The maximum atomic E-state index is 9.23. The Morgan fingerprint density at radius 1 is 1.11 bits per heavy atom. The van der Waals surface area contributed by atoms with E-state index in [1.807, 2.05) is 0 Å². The van der Waals surface area contributed by atoms with E-state index in [2.05, 4.69) is 40.8 Å². The molecule has 1 atom stereocenters. The fourth-order valence-corrected chi connectivity index (χ4v) is 2.90. The Bertz CT molecular complexity index is 209. The molecule has 0 radical (unpaired) electrons. The molecule has 0 amide bonds. The first-order chi connectivity index (χ1) is 8.24. The minimum absolute atomic E-state index is 0.308. The zero-order valence-electron chi connectivity index (χ0n) is 13.4. The number of hydrogen-bond acceptors (Lipinski definition) is 2. The quantitative estimate of drug-likeness (QED) is 0.492. The second kappa shape index (κ2) is 8.34. The molecule has 1 N–H and O–H groups in total. The van der Waals surface area contributed by atoms with Crippen LogP contribution in [0.15, 0.2) is 0 Å². The second-order valence-corrected chi connectivity index (χ2v) is 11.8. The Morgan fingerprint density at radius 2 is 1.72 bits per heavy atom. The van der Waals surface area contributed by atoms with Crippen LogP contribution in [0.1, 0.15) is 59.8 Å². The van der Waals surface area contributed by atoms with Gasteiger partial charge in [-0.1, -0.05) is 40.5 Å². The number of unbranched alkanes of at least 4 members (excludes halogenated alkanes) is 1. The smallest absolute Gasteiger partial charge is 0.191 e. The van der Waals surface area contributed by atoms with Crippen LogP contribution in [0, 0.1) is 5.92 Å². The summed E-state index contributed by atoms with van der Waals surface area (Å²) in [4.78, 5) is 0. The number of aliphatic hydroxyl groups is 1. The van der Waals surface area contributed by atoms with Crippen molar-refractivity contribution in [3.8, 4) is 0 Å². The molecule has 2 nitrogen and oxygen atoms in total. The van der Waals surface area contributed by atoms with Gasteiger partial charge < -0.3 is 9.53 Å². The van der Waals surface area contributed by atoms with Crippen LogP contribution in [0.3, 0.4) is 0 Å². The molecule has 0 aliphatic rings. The molecule has 0 rings (SSSR count). The molecule has 0 aromatic heterocycles. The van der Waals surface area contributed by atoms with E-state index >= 15 is 0 Å². The van der Waals surface area contributed by atoms with Gasteiger partial charge in [0.25, 0.3) is 0 Å². The highest BCUT2D eigenvalue weighted by atomic mass is 28.4. The molecule has 0 spiro atoms. The van der Waals surface area contributed by atoms with Crippen molar-refractivity contribution in [1.82, 2.24) is 0 Å². The lowest BCUT2D eigenvalue weighted by molar-refractivity contribution is 0.201. The van der Waals surface area contributed by atoms with Crippen molar-refractivity contribution in [1.29, 1.82) is 0 Å². The molecule has 0 fully saturated rings. The molecule has 0 saturated heterocycles. The molecule has 0 unspecified atom stereocenters. The van der Waals surface area contributed by atoms with Crippen LogP contribution in [-0.2, 0) is 4.43 Å². The van der Waals surface area contributed by atoms with Gasteiger partial charge >= 0.3 is 0 Å². The second-order valence-electron chi connectivity index (χ2n) is 6.94. The summed E-state index contributed by atoms with van der Waals surface area (Å²) in [5.74, 6) is 0.503. The number of aliphatic hydroxyl groups excluding tert-OH is 1. The zero-order valence-corrected chi connectivity index (χ0v) is 14.4. The average Bonchev–Trinajstić information content (AvgIpc) is 2.25. The topological polar surface area (TPSA) is 29.5 Å². The summed E-state index contributed by atoms with van der Waals surface area (Å²) < 4.78 is 6.15. The third-order valence-corrected chi connectivity index (χ3v) is 8.77. The summed E-state index contributed by atoms with van der Waals surface area (Å²) in [6, 6.07) is 0. The number of hydrogen-bond donors (Lipinski definition) is 1. The number of rotatable bonds is 9. The van der Waals surface area contributed by atoms with Crippen LogP contribution in [0.25, 0.3) is 0 Å². The van der Waals surface area contributed by atoms with E-state index in [0.717, 1.165) is 25.9 Å². The Hall–Kier alpha value is 0.137. The van der Waals surface area contributed by atoms with Gasteiger partial charge in [-0.05, 0) is 43.3 Å². The maximum absolute atomic E-state index is 9.23. The molecule has 0 aromatic carbocycles. The van der Waals surface area contributed by atoms with Crippen molar-refractivity contribution in [3.05, 3.63) is 0 Å². The van der Waals surface area contributed by atoms with Crippen LogP contribution in [-0.4, -0.2) is 26.6 Å². The Labute approximate surface area is 115 Å². The summed E-state index contributed by atoms with van der Waals surface area (Å²) in [5, 5.41) is 9.53. The van der Waals surface area contributed by atoms with E-state index in [1.165, 1.54) is 12.8 Å². The summed E-state index contributed by atoms with van der Waals surface area (Å²) in [6.07, 6.45) is 5.78. The van der Waals surface area contributed by atoms with E-state index < -0.39 is 8.32 Å². The van der Waals surface area contributed by atoms with Gasteiger partial charge in [0.1, 0.15) is 0 Å². The summed E-state index contributed by atoms with van der Waals surface area (Å²) in [5.41, 5.74) is 0. The molecule has 0 aliphatic heterocycles. The van der Waals surface area contributed by atoms with Gasteiger partial charge in [0.05, 0.1) is 0 Å². The van der Waals surface area contributed by atoms with Crippen molar-refractivity contribution in [2.75, 3.05) is 13.2 Å². The third-order valence-electron chi connectivity index (χ3n) is 4.23. The van der Waals surface area contributed by atoms with Gasteiger partial charge in [-0.2, -0.15) is 0 Å². The minimum Gasteiger partial charge on any atom is -0.417 e. The highest BCUT2D eigenvalue weighted by Crippen LogP contribution is 2.36. The Morgan fingerprint density at radius 3 is 2.17 bits per heavy atom.